The van der Waals surface area contributed by atoms with E-state index in [1.165, 1.54) is 6.26 Å². The van der Waals surface area contributed by atoms with Gasteiger partial charge in [0.1, 0.15) is 5.82 Å². The average molecular weight is 404 g/mol. The first-order valence-electron chi connectivity index (χ1n) is 9.18. The monoisotopic (exact) mass is 404 g/mol. The highest BCUT2D eigenvalue weighted by Crippen LogP contribution is 2.25. The molecule has 0 aliphatic rings. The summed E-state index contributed by atoms with van der Waals surface area (Å²) >= 11 is 0. The number of sulfone groups is 1. The minimum absolute atomic E-state index is 0.322. The number of hydrogen-bond donors (Lipinski definition) is 0. The molecule has 0 N–H and O–H groups in total. The molecule has 0 spiro atoms. The molecule has 29 heavy (non-hydrogen) atoms. The molecule has 0 unspecified atom stereocenters. The maximum absolute atomic E-state index is 11.6. The lowest BCUT2D eigenvalue weighted by Gasteiger charge is -2.09. The van der Waals surface area contributed by atoms with Gasteiger partial charge >= 0.3 is 0 Å². The minimum atomic E-state index is -3.19. The molecule has 146 valence electrons. The Balaban J connectivity index is 1.52. The van der Waals surface area contributed by atoms with E-state index >= 15 is 0 Å². The summed E-state index contributed by atoms with van der Waals surface area (Å²) in [5.74, 6) is 0.896. The number of hydrogen-bond acceptors (Lipinski definition) is 5. The van der Waals surface area contributed by atoms with Gasteiger partial charge < -0.3 is 4.57 Å². The number of nitrogens with zero attached hydrogens (tertiary/aromatic N) is 4. The second kappa shape index (κ2) is 7.97. The van der Waals surface area contributed by atoms with Crippen LogP contribution < -0.4 is 0 Å². The van der Waals surface area contributed by atoms with Crippen molar-refractivity contribution in [2.45, 2.75) is 17.9 Å². The zero-order chi connectivity index (χ0) is 20.3. The Morgan fingerprint density at radius 3 is 2.10 bits per heavy atom. The first-order valence-corrected chi connectivity index (χ1v) is 11.1. The Kier molecular flexibility index (Phi) is 5.22. The summed E-state index contributed by atoms with van der Waals surface area (Å²) in [6, 6.07) is 15.0. The van der Waals surface area contributed by atoms with Gasteiger partial charge in [0.2, 0.25) is 0 Å². The predicted molar refractivity (Wildman–Crippen MR) is 112 cm³/mol. The quantitative estimate of drug-likeness (QED) is 0.490. The van der Waals surface area contributed by atoms with E-state index in [-0.39, 0.29) is 0 Å². The molecule has 0 aliphatic carbocycles. The molecule has 0 aliphatic heterocycles. The molecule has 0 atom stereocenters. The SMILES string of the molecule is CS(=O)(=O)c1ccc(-c2ccc(-c3nccn3CCc3cnccn3)cc2)cc1. The van der Waals surface area contributed by atoms with E-state index in [2.05, 4.69) is 19.5 Å². The maximum Gasteiger partial charge on any atom is 0.175 e. The van der Waals surface area contributed by atoms with Gasteiger partial charge in [-0.15, -0.1) is 0 Å². The van der Waals surface area contributed by atoms with Gasteiger partial charge in [0.25, 0.3) is 0 Å². The Bertz CT molecular complexity index is 1200. The fourth-order valence-electron chi connectivity index (χ4n) is 3.15. The van der Waals surface area contributed by atoms with Crippen LogP contribution in [0, 0.1) is 0 Å². The third kappa shape index (κ3) is 4.41. The zero-order valence-corrected chi connectivity index (χ0v) is 16.7. The maximum atomic E-state index is 11.6. The molecule has 0 fully saturated rings. The van der Waals surface area contributed by atoms with Crippen molar-refractivity contribution < 1.29 is 8.42 Å². The van der Waals surface area contributed by atoms with Crippen molar-refractivity contribution in [1.29, 1.82) is 0 Å². The lowest BCUT2D eigenvalue weighted by atomic mass is 10.0. The summed E-state index contributed by atoms with van der Waals surface area (Å²) < 4.78 is 25.3. The molecule has 2 heterocycles. The van der Waals surface area contributed by atoms with Crippen molar-refractivity contribution in [3.63, 3.8) is 0 Å². The topological polar surface area (TPSA) is 77.7 Å². The molecular formula is C22H20N4O2S. The summed E-state index contributed by atoms with van der Waals surface area (Å²) in [4.78, 5) is 13.2. The molecule has 0 saturated carbocycles. The third-order valence-electron chi connectivity index (χ3n) is 4.70. The summed E-state index contributed by atoms with van der Waals surface area (Å²) in [5, 5.41) is 0. The van der Waals surface area contributed by atoms with Crippen molar-refractivity contribution in [2.24, 2.45) is 0 Å². The van der Waals surface area contributed by atoms with Gasteiger partial charge in [-0.3, -0.25) is 9.97 Å². The molecule has 4 aromatic rings. The van der Waals surface area contributed by atoms with Crippen molar-refractivity contribution in [1.82, 2.24) is 19.5 Å². The highest BCUT2D eigenvalue weighted by atomic mass is 32.2. The molecule has 0 bridgehead atoms. The van der Waals surface area contributed by atoms with Crippen LogP contribution in [0.2, 0.25) is 0 Å². The highest BCUT2D eigenvalue weighted by Gasteiger charge is 2.09. The molecule has 6 nitrogen and oxygen atoms in total. The van der Waals surface area contributed by atoms with Gasteiger partial charge in [-0.25, -0.2) is 13.4 Å². The summed E-state index contributed by atoms with van der Waals surface area (Å²) in [7, 11) is -3.19. The number of aromatic nitrogens is 4. The smallest absolute Gasteiger partial charge is 0.175 e. The number of aryl methyl sites for hydroxylation is 2. The van der Waals surface area contributed by atoms with Crippen molar-refractivity contribution in [2.75, 3.05) is 6.26 Å². The fraction of sp³-hybridized carbons (Fsp3) is 0.136. The molecular weight excluding hydrogens is 384 g/mol. The van der Waals surface area contributed by atoms with Gasteiger partial charge in [-0.1, -0.05) is 36.4 Å². The van der Waals surface area contributed by atoms with E-state index in [0.29, 0.717) is 4.90 Å². The molecule has 4 rings (SSSR count). The standard InChI is InChI=1S/C22H20N4O2S/c1-29(27,28)21-8-6-18(7-9-21)17-2-4-19(5-3-17)22-25-13-15-26(22)14-10-20-16-23-11-12-24-20/h2-9,11-13,15-16H,10,14H2,1H3. The van der Waals surface area contributed by atoms with E-state index in [4.69, 9.17) is 0 Å². The largest absolute Gasteiger partial charge is 0.331 e. The van der Waals surface area contributed by atoms with Crippen molar-refractivity contribution in [3.05, 3.63) is 85.2 Å². The Hall–Kier alpha value is -3.32. The summed E-state index contributed by atoms with van der Waals surface area (Å²) in [5.41, 5.74) is 3.95. The lowest BCUT2D eigenvalue weighted by molar-refractivity contribution is 0.602. The highest BCUT2D eigenvalue weighted by molar-refractivity contribution is 7.90. The summed E-state index contributed by atoms with van der Waals surface area (Å²) in [6.07, 6.45) is 10.9. The van der Waals surface area contributed by atoms with Crippen LogP contribution in [0.5, 0.6) is 0 Å². The van der Waals surface area contributed by atoms with Crippen molar-refractivity contribution in [3.8, 4) is 22.5 Å². The third-order valence-corrected chi connectivity index (χ3v) is 5.83. The van der Waals surface area contributed by atoms with E-state index in [0.717, 1.165) is 41.2 Å². The van der Waals surface area contributed by atoms with Gasteiger partial charge in [-0.05, 0) is 23.3 Å². The normalized spacial score (nSPS) is 11.5. The first-order chi connectivity index (χ1) is 14.0. The number of imidazole rings is 1. The van der Waals surface area contributed by atoms with Crippen LogP contribution in [0.25, 0.3) is 22.5 Å². The minimum Gasteiger partial charge on any atom is -0.331 e. The van der Waals surface area contributed by atoms with Gasteiger partial charge in [0.15, 0.2) is 9.84 Å². The predicted octanol–water partition coefficient (Wildman–Crippen LogP) is 3.65. The van der Waals surface area contributed by atoms with Crippen molar-refractivity contribution >= 4 is 9.84 Å². The second-order valence-corrected chi connectivity index (χ2v) is 8.78. The molecule has 2 aromatic heterocycles. The molecule has 0 amide bonds. The van der Waals surface area contributed by atoms with Crippen LogP contribution in [0.1, 0.15) is 5.69 Å². The van der Waals surface area contributed by atoms with Crippen LogP contribution in [-0.2, 0) is 22.8 Å². The molecule has 7 heteroatoms. The van der Waals surface area contributed by atoms with E-state index < -0.39 is 9.84 Å². The van der Waals surface area contributed by atoms with Crippen LogP contribution in [0.15, 0.2) is 84.4 Å². The molecule has 2 aromatic carbocycles. The average Bonchev–Trinajstić information content (AvgIpc) is 3.21. The second-order valence-electron chi connectivity index (χ2n) is 6.76. The van der Waals surface area contributed by atoms with E-state index in [1.807, 2.05) is 42.6 Å². The van der Waals surface area contributed by atoms with Gasteiger partial charge in [0.05, 0.1) is 10.6 Å². The van der Waals surface area contributed by atoms with Crippen LogP contribution in [0.4, 0.5) is 0 Å². The molecule has 0 saturated heterocycles. The number of benzene rings is 2. The van der Waals surface area contributed by atoms with E-state index in [1.54, 1.807) is 36.9 Å². The van der Waals surface area contributed by atoms with Gasteiger partial charge in [0, 0.05) is 55.8 Å². The zero-order valence-electron chi connectivity index (χ0n) is 15.9. The lowest BCUT2D eigenvalue weighted by Crippen LogP contribution is -2.04. The Morgan fingerprint density at radius 1 is 0.828 bits per heavy atom. The van der Waals surface area contributed by atoms with Crippen LogP contribution in [-0.4, -0.2) is 34.2 Å². The van der Waals surface area contributed by atoms with Gasteiger partial charge in [-0.2, -0.15) is 0 Å². The Morgan fingerprint density at radius 2 is 1.48 bits per heavy atom. The van der Waals surface area contributed by atoms with Crippen LogP contribution in [0.3, 0.4) is 0 Å². The first kappa shape index (κ1) is 19.0. The van der Waals surface area contributed by atoms with E-state index in [9.17, 15) is 8.42 Å². The molecule has 0 radical (unpaired) electrons. The van der Waals surface area contributed by atoms with Crippen LogP contribution >= 0.6 is 0 Å². The fourth-order valence-corrected chi connectivity index (χ4v) is 3.78. The summed E-state index contributed by atoms with van der Waals surface area (Å²) in [6.45, 7) is 0.767. The number of rotatable bonds is 6. The Labute approximate surface area is 169 Å².